The third-order valence-corrected chi connectivity index (χ3v) is 9.88. The van der Waals surface area contributed by atoms with Crippen LogP contribution in [0.5, 0.6) is 0 Å². The van der Waals surface area contributed by atoms with Crippen molar-refractivity contribution in [2.75, 3.05) is 46.2 Å². The maximum absolute atomic E-state index is 13.4. The molecule has 1 rings (SSSR count). The van der Waals surface area contributed by atoms with Crippen LogP contribution in [0.1, 0.15) is 32.3 Å². The van der Waals surface area contributed by atoms with Gasteiger partial charge >= 0.3 is 5.97 Å². The molecule has 10 amide bonds. The normalized spacial score (nSPS) is 15.3. The van der Waals surface area contributed by atoms with Crippen molar-refractivity contribution < 1.29 is 93.6 Å². The second kappa shape index (κ2) is 31.2. The van der Waals surface area contributed by atoms with Gasteiger partial charge in [-0.1, -0.05) is 44.2 Å². The Morgan fingerprint density at radius 1 is 0.443 bits per heavy atom. The monoisotopic (exact) mass is 1000 g/mol. The third-order valence-electron chi connectivity index (χ3n) is 9.88. The number of nitrogens with one attached hydrogen (secondary N) is 9. The van der Waals surface area contributed by atoms with Gasteiger partial charge < -0.3 is 100 Å². The Hall–Kier alpha value is -6.93. The largest absolute Gasteiger partial charge is 0.480 e. The van der Waals surface area contributed by atoms with Crippen LogP contribution in [0.2, 0.25) is 0 Å². The zero-order valence-electron chi connectivity index (χ0n) is 38.0. The predicted molar refractivity (Wildman–Crippen MR) is 236 cm³/mol. The fourth-order valence-electron chi connectivity index (χ4n) is 5.83. The van der Waals surface area contributed by atoms with Gasteiger partial charge in [0, 0.05) is 6.42 Å². The van der Waals surface area contributed by atoms with E-state index in [0.29, 0.717) is 5.56 Å². The molecule has 1 aromatic rings. The number of carbonyl (C=O) groups excluding carboxylic acids is 10. The van der Waals surface area contributed by atoms with Crippen molar-refractivity contribution in [2.45, 2.75) is 93.5 Å². The molecule has 392 valence electrons. The molecule has 0 fully saturated rings. The van der Waals surface area contributed by atoms with Crippen LogP contribution in [0, 0.1) is 5.92 Å². The highest BCUT2D eigenvalue weighted by molar-refractivity contribution is 5.98. The summed E-state index contributed by atoms with van der Waals surface area (Å²) in [5, 5.41) is 96.1. The van der Waals surface area contributed by atoms with Crippen LogP contribution in [-0.4, -0.2) is 213 Å². The first kappa shape index (κ1) is 61.1. The van der Waals surface area contributed by atoms with E-state index in [-0.39, 0.29) is 6.42 Å². The molecule has 0 heterocycles. The molecule has 1 aromatic carbocycles. The molecule has 0 saturated carbocycles. The molecule has 0 saturated heterocycles. The van der Waals surface area contributed by atoms with Gasteiger partial charge in [-0.2, -0.15) is 0 Å². The first-order chi connectivity index (χ1) is 33.0. The summed E-state index contributed by atoms with van der Waals surface area (Å²) in [6.07, 6.45) is -1.09. The number of carbonyl (C=O) groups is 11. The Labute approximate surface area is 399 Å². The van der Waals surface area contributed by atoms with Gasteiger partial charge in [0.1, 0.15) is 54.4 Å². The van der Waals surface area contributed by atoms with Crippen LogP contribution in [0.15, 0.2) is 30.3 Å². The fraction of sp³-hybridized carbons (Fsp3) is 0.575. The second-order valence-electron chi connectivity index (χ2n) is 15.6. The highest BCUT2D eigenvalue weighted by atomic mass is 16.4. The lowest BCUT2D eigenvalue weighted by molar-refractivity contribution is -0.143. The number of aliphatic hydroxyl groups is 7. The molecule has 10 atom stereocenters. The lowest BCUT2D eigenvalue weighted by Gasteiger charge is -2.28. The van der Waals surface area contributed by atoms with Crippen molar-refractivity contribution in [3.8, 4) is 0 Å². The molecule has 0 bridgehead atoms. The van der Waals surface area contributed by atoms with Crippen molar-refractivity contribution >= 4 is 65.0 Å². The first-order valence-electron chi connectivity index (χ1n) is 21.3. The van der Waals surface area contributed by atoms with Crippen molar-refractivity contribution in [1.29, 1.82) is 0 Å². The maximum Gasteiger partial charge on any atom is 0.328 e. The quantitative estimate of drug-likeness (QED) is 0.0319. The van der Waals surface area contributed by atoms with E-state index in [1.165, 1.54) is 13.8 Å². The number of hydrogen-bond donors (Lipinski definition) is 19. The molecule has 30 nitrogen and oxygen atoms in total. The molecule has 70 heavy (non-hydrogen) atoms. The number of aliphatic carboxylic acids is 1. The highest BCUT2D eigenvalue weighted by Crippen LogP contribution is 2.06. The molecule has 0 aromatic heterocycles. The number of hydrogen-bond acceptors (Lipinski definition) is 19. The smallest absolute Gasteiger partial charge is 0.328 e. The van der Waals surface area contributed by atoms with Gasteiger partial charge in [0.05, 0.1) is 52.3 Å². The van der Waals surface area contributed by atoms with E-state index >= 15 is 0 Å². The van der Waals surface area contributed by atoms with Crippen LogP contribution in [0.4, 0.5) is 0 Å². The van der Waals surface area contributed by atoms with E-state index in [0.717, 1.165) is 0 Å². The zero-order chi connectivity index (χ0) is 53.2. The minimum absolute atomic E-state index is 0.0814. The van der Waals surface area contributed by atoms with Gasteiger partial charge in [0.2, 0.25) is 59.1 Å². The maximum atomic E-state index is 13.4. The Morgan fingerprint density at radius 2 is 0.743 bits per heavy atom. The molecule has 21 N–H and O–H groups in total. The topological polar surface area (TPSA) is 510 Å². The van der Waals surface area contributed by atoms with Gasteiger partial charge in [-0.25, -0.2) is 4.79 Å². The van der Waals surface area contributed by atoms with E-state index in [1.807, 2.05) is 21.3 Å². The van der Waals surface area contributed by atoms with Gasteiger partial charge in [-0.3, -0.25) is 47.9 Å². The Kier molecular flexibility index (Phi) is 27.3. The molecule has 30 heteroatoms. The highest BCUT2D eigenvalue weighted by Gasteiger charge is 2.36. The number of amides is 10. The van der Waals surface area contributed by atoms with Crippen LogP contribution in [0.25, 0.3) is 0 Å². The number of rotatable bonds is 32. The van der Waals surface area contributed by atoms with Crippen molar-refractivity contribution in [3.63, 3.8) is 0 Å². The molecule has 0 unspecified atom stereocenters. The minimum Gasteiger partial charge on any atom is -0.480 e. The second-order valence-corrected chi connectivity index (χ2v) is 15.6. The molecule has 0 aliphatic carbocycles. The number of carboxylic acid groups (broad SMARTS) is 1. The fourth-order valence-corrected chi connectivity index (χ4v) is 5.83. The molecule has 0 radical (unpaired) electrons. The summed E-state index contributed by atoms with van der Waals surface area (Å²) < 4.78 is 0. The summed E-state index contributed by atoms with van der Waals surface area (Å²) in [7, 11) is 0. The zero-order valence-corrected chi connectivity index (χ0v) is 38.0. The summed E-state index contributed by atoms with van der Waals surface area (Å²) in [6.45, 7) is -4.82. The summed E-state index contributed by atoms with van der Waals surface area (Å²) in [5.74, 6) is -14.2. The van der Waals surface area contributed by atoms with E-state index in [2.05, 4.69) is 26.6 Å². The van der Waals surface area contributed by atoms with Crippen LogP contribution < -0.4 is 59.3 Å². The van der Waals surface area contributed by atoms with Crippen molar-refractivity contribution in [3.05, 3.63) is 35.9 Å². The number of aliphatic hydroxyl groups excluding tert-OH is 7. The summed E-state index contributed by atoms with van der Waals surface area (Å²) in [4.78, 5) is 140. The summed E-state index contributed by atoms with van der Waals surface area (Å²) in [5.41, 5.74) is 11.8. The lowest BCUT2D eigenvalue weighted by atomic mass is 10.0. The Morgan fingerprint density at radius 3 is 1.07 bits per heavy atom. The molecular formula is C40H63N11O19. The average molecular weight is 1000 g/mol. The van der Waals surface area contributed by atoms with E-state index in [1.54, 1.807) is 30.3 Å². The molecule has 0 aliphatic rings. The third kappa shape index (κ3) is 20.3. The average Bonchev–Trinajstić information content (AvgIpc) is 3.32. The number of primary amides is 1. The van der Waals surface area contributed by atoms with E-state index in [4.69, 9.17) is 21.7 Å². The van der Waals surface area contributed by atoms with Crippen molar-refractivity contribution in [2.24, 2.45) is 17.4 Å². The number of benzene rings is 1. The van der Waals surface area contributed by atoms with Crippen LogP contribution in [-0.2, 0) is 59.2 Å². The van der Waals surface area contributed by atoms with E-state index < -0.39 is 190 Å². The standard InChI is InChI=1S/C40H63N11O19/c1-18(2)30(51-38(67)27(16-57)48-34(63)22(11-52)44-31(60)20(41)10-19-6-4-3-5-7-19)39(68)49-26(15-56)36(65)46-23(12-53)33(62)43-21(8-9-29(42)59)32(61)45-24(13-54)35(64)47-25(14-55)37(66)50-28(17-58)40(69)70/h3-7,18,20-28,30,52-58H,8-17,41H2,1-2H3,(H2,42,59)(H,43,62)(H,44,60)(H,45,61)(H,46,65)(H,47,64)(H,48,63)(H,49,68)(H,50,66)(H,51,67)(H,69,70)/t20-,21-,22-,23-,24-,25-,26-,27-,28-,30-/m0/s1. The molecular weight excluding hydrogens is 938 g/mol. The Balaban J connectivity index is 3.06. The Bertz CT molecular complexity index is 1960. The first-order valence-corrected chi connectivity index (χ1v) is 21.3. The lowest BCUT2D eigenvalue weighted by Crippen LogP contribution is -2.62. The van der Waals surface area contributed by atoms with Gasteiger partial charge in [0.15, 0.2) is 0 Å². The SMILES string of the molecule is CC(C)[C@H](NC(=O)[C@H](CO)NC(=O)[C@H](CO)NC(=O)[C@@H](N)Cc1ccccc1)C(=O)N[C@@H](CO)C(=O)N[C@@H](CO)C(=O)N[C@@H](CCC(N)=O)C(=O)N[C@@H](CO)C(=O)N[C@@H](CO)C(=O)N[C@@H](CO)C(=O)O. The van der Waals surface area contributed by atoms with E-state index in [9.17, 15) is 83.4 Å². The molecule has 0 spiro atoms. The summed E-state index contributed by atoms with van der Waals surface area (Å²) in [6, 6.07) is -8.74. The van der Waals surface area contributed by atoms with Crippen LogP contribution >= 0.6 is 0 Å². The van der Waals surface area contributed by atoms with Crippen LogP contribution in [0.3, 0.4) is 0 Å². The molecule has 0 aliphatic heterocycles. The minimum atomic E-state index is -1.96. The van der Waals surface area contributed by atoms with Gasteiger partial charge in [-0.05, 0) is 24.3 Å². The van der Waals surface area contributed by atoms with Crippen molar-refractivity contribution in [1.82, 2.24) is 47.9 Å². The van der Waals surface area contributed by atoms with Gasteiger partial charge in [-0.15, -0.1) is 0 Å². The number of carboxylic acids is 1. The van der Waals surface area contributed by atoms with Gasteiger partial charge in [0.25, 0.3) is 0 Å². The predicted octanol–water partition coefficient (Wildman–Crippen LogP) is -11.1. The number of nitrogens with two attached hydrogens (primary N) is 2. The summed E-state index contributed by atoms with van der Waals surface area (Å²) >= 11 is 0.